The van der Waals surface area contributed by atoms with Gasteiger partial charge in [0.15, 0.2) is 5.16 Å². The summed E-state index contributed by atoms with van der Waals surface area (Å²) in [6, 6.07) is 12.2. The molecule has 150 valence electrons. The van der Waals surface area contributed by atoms with Crippen molar-refractivity contribution >= 4 is 58.2 Å². The molecule has 0 bridgehead atoms. The van der Waals surface area contributed by atoms with Gasteiger partial charge in [0.25, 0.3) is 0 Å². The number of benzene rings is 2. The van der Waals surface area contributed by atoms with Crippen LogP contribution < -0.4 is 10.6 Å². The summed E-state index contributed by atoms with van der Waals surface area (Å²) < 4.78 is 1.82. The van der Waals surface area contributed by atoms with Gasteiger partial charge in [-0.2, -0.15) is 0 Å². The van der Waals surface area contributed by atoms with Gasteiger partial charge in [-0.25, -0.2) is 0 Å². The molecule has 0 aliphatic heterocycles. The molecule has 0 unspecified atom stereocenters. The third-order valence-corrected chi connectivity index (χ3v) is 5.25. The molecule has 0 spiro atoms. The van der Waals surface area contributed by atoms with Crippen molar-refractivity contribution in [1.29, 1.82) is 0 Å². The van der Waals surface area contributed by atoms with Crippen LogP contribution >= 0.6 is 35.0 Å². The number of aryl methyl sites for hydroxylation is 1. The van der Waals surface area contributed by atoms with Crippen molar-refractivity contribution in [1.82, 2.24) is 14.8 Å². The van der Waals surface area contributed by atoms with Crippen LogP contribution in [0.3, 0.4) is 0 Å². The second-order valence-corrected chi connectivity index (χ2v) is 7.84. The number of thioether (sulfide) groups is 1. The molecule has 2 aromatic carbocycles. The van der Waals surface area contributed by atoms with Crippen molar-refractivity contribution in [3.63, 3.8) is 0 Å². The highest BCUT2D eigenvalue weighted by Gasteiger charge is 2.15. The van der Waals surface area contributed by atoms with Gasteiger partial charge in [-0.3, -0.25) is 14.2 Å². The number of nitrogens with one attached hydrogen (secondary N) is 2. The van der Waals surface area contributed by atoms with E-state index in [1.54, 1.807) is 24.3 Å². The van der Waals surface area contributed by atoms with Gasteiger partial charge in [0.1, 0.15) is 5.82 Å². The number of rotatable bonds is 6. The van der Waals surface area contributed by atoms with Crippen molar-refractivity contribution in [2.75, 3.05) is 16.4 Å². The first-order valence-electron chi connectivity index (χ1n) is 8.51. The Kier molecular flexibility index (Phi) is 6.79. The summed E-state index contributed by atoms with van der Waals surface area (Å²) in [7, 11) is 0. The Hall–Kier alpha value is -2.55. The highest BCUT2D eigenvalue weighted by molar-refractivity contribution is 7.99. The molecule has 2 amide bonds. The zero-order chi connectivity index (χ0) is 21.0. The average molecular weight is 450 g/mol. The quantitative estimate of drug-likeness (QED) is 0.537. The molecular formula is C19H17Cl2N5O2S. The number of carbonyl (C=O) groups excluding carboxylic acids is 2. The van der Waals surface area contributed by atoms with Gasteiger partial charge in [-0.15, -0.1) is 10.2 Å². The van der Waals surface area contributed by atoms with Crippen LogP contribution in [0.25, 0.3) is 5.69 Å². The lowest BCUT2D eigenvalue weighted by molar-refractivity contribution is -0.114. The van der Waals surface area contributed by atoms with Crippen LogP contribution in [0.2, 0.25) is 10.0 Å². The average Bonchev–Trinajstić information content (AvgIpc) is 3.03. The fourth-order valence-corrected chi connectivity index (χ4v) is 3.70. The van der Waals surface area contributed by atoms with Crippen molar-refractivity contribution in [3.05, 3.63) is 58.3 Å². The van der Waals surface area contributed by atoms with E-state index in [-0.39, 0.29) is 17.6 Å². The van der Waals surface area contributed by atoms with Crippen LogP contribution in [0.15, 0.2) is 47.6 Å². The maximum absolute atomic E-state index is 12.3. The molecule has 2 N–H and O–H groups in total. The lowest BCUT2D eigenvalue weighted by atomic mass is 10.2. The number of halogens is 2. The standard InChI is InChI=1S/C19H17Cl2N5O2S/c1-11-24-25-19(26(11)15-5-3-4-14(9-15)22-12(2)27)29-10-18(28)23-17-8-13(20)6-7-16(17)21/h3-9H,10H2,1-2H3,(H,22,27)(H,23,28). The lowest BCUT2D eigenvalue weighted by Gasteiger charge is -2.11. The molecule has 1 aromatic heterocycles. The smallest absolute Gasteiger partial charge is 0.234 e. The first kappa shape index (κ1) is 21.2. The molecule has 7 nitrogen and oxygen atoms in total. The maximum Gasteiger partial charge on any atom is 0.234 e. The van der Waals surface area contributed by atoms with Crippen molar-refractivity contribution in [3.8, 4) is 5.69 Å². The van der Waals surface area contributed by atoms with Crippen LogP contribution in [-0.2, 0) is 9.59 Å². The third kappa shape index (κ3) is 5.50. The molecule has 10 heteroatoms. The summed E-state index contributed by atoms with van der Waals surface area (Å²) in [4.78, 5) is 23.6. The lowest BCUT2D eigenvalue weighted by Crippen LogP contribution is -2.15. The van der Waals surface area contributed by atoms with E-state index in [9.17, 15) is 9.59 Å². The highest BCUT2D eigenvalue weighted by atomic mass is 35.5. The molecule has 29 heavy (non-hydrogen) atoms. The fraction of sp³-hybridized carbons (Fsp3) is 0.158. The number of anilines is 2. The molecule has 0 aliphatic rings. The van der Waals surface area contributed by atoms with E-state index in [0.717, 1.165) is 5.69 Å². The van der Waals surface area contributed by atoms with Gasteiger partial charge in [0, 0.05) is 17.6 Å². The van der Waals surface area contributed by atoms with E-state index >= 15 is 0 Å². The molecule has 0 radical (unpaired) electrons. The maximum atomic E-state index is 12.3. The minimum absolute atomic E-state index is 0.104. The molecule has 0 saturated heterocycles. The SMILES string of the molecule is CC(=O)Nc1cccc(-n2c(C)nnc2SCC(=O)Nc2cc(Cl)ccc2Cl)c1. The van der Waals surface area contributed by atoms with E-state index in [1.807, 2.05) is 29.7 Å². The number of amides is 2. The predicted molar refractivity (Wildman–Crippen MR) is 116 cm³/mol. The van der Waals surface area contributed by atoms with E-state index < -0.39 is 0 Å². The number of nitrogens with zero attached hydrogens (tertiary/aromatic N) is 3. The molecule has 0 saturated carbocycles. The Bertz CT molecular complexity index is 1070. The molecule has 3 rings (SSSR count). The summed E-state index contributed by atoms with van der Waals surface area (Å²) in [5.74, 6) is 0.351. The first-order valence-corrected chi connectivity index (χ1v) is 10.3. The third-order valence-electron chi connectivity index (χ3n) is 3.75. The van der Waals surface area contributed by atoms with Crippen molar-refractivity contribution < 1.29 is 9.59 Å². The Balaban J connectivity index is 1.74. The summed E-state index contributed by atoms with van der Waals surface area (Å²) in [5, 5.41) is 15.2. The zero-order valence-electron chi connectivity index (χ0n) is 15.6. The largest absolute Gasteiger partial charge is 0.326 e. The van der Waals surface area contributed by atoms with Gasteiger partial charge in [-0.1, -0.05) is 41.0 Å². The number of hydrogen-bond donors (Lipinski definition) is 2. The Labute approximate surface area is 181 Å². The summed E-state index contributed by atoms with van der Waals surface area (Å²) in [6.45, 7) is 3.26. The van der Waals surface area contributed by atoms with Gasteiger partial charge >= 0.3 is 0 Å². The number of hydrogen-bond acceptors (Lipinski definition) is 5. The van der Waals surface area contributed by atoms with Gasteiger partial charge in [0.05, 0.1) is 22.2 Å². The Morgan fingerprint density at radius 1 is 1.10 bits per heavy atom. The second kappa shape index (κ2) is 9.30. The van der Waals surface area contributed by atoms with E-state index in [1.165, 1.54) is 18.7 Å². The predicted octanol–water partition coefficient (Wildman–Crippen LogP) is 4.57. The highest BCUT2D eigenvalue weighted by Crippen LogP contribution is 2.27. The monoisotopic (exact) mass is 449 g/mol. The van der Waals surface area contributed by atoms with Gasteiger partial charge in [0.2, 0.25) is 11.8 Å². The summed E-state index contributed by atoms with van der Waals surface area (Å²) in [6.07, 6.45) is 0. The van der Waals surface area contributed by atoms with E-state index in [0.29, 0.717) is 32.4 Å². The Morgan fingerprint density at radius 3 is 2.66 bits per heavy atom. The van der Waals surface area contributed by atoms with Crippen LogP contribution in [0.1, 0.15) is 12.7 Å². The molecule has 0 aliphatic carbocycles. The van der Waals surface area contributed by atoms with Gasteiger partial charge in [-0.05, 0) is 43.3 Å². The van der Waals surface area contributed by atoms with Crippen LogP contribution in [-0.4, -0.2) is 32.3 Å². The number of carbonyl (C=O) groups is 2. The first-order chi connectivity index (χ1) is 13.8. The van der Waals surface area contributed by atoms with E-state index in [2.05, 4.69) is 20.8 Å². The van der Waals surface area contributed by atoms with Crippen LogP contribution in [0.5, 0.6) is 0 Å². The number of aromatic nitrogens is 3. The van der Waals surface area contributed by atoms with E-state index in [4.69, 9.17) is 23.2 Å². The normalized spacial score (nSPS) is 10.6. The minimum atomic E-state index is -0.252. The zero-order valence-corrected chi connectivity index (χ0v) is 17.9. The van der Waals surface area contributed by atoms with Crippen molar-refractivity contribution in [2.45, 2.75) is 19.0 Å². The molecule has 0 atom stereocenters. The molecular weight excluding hydrogens is 433 g/mol. The topological polar surface area (TPSA) is 88.9 Å². The second-order valence-electron chi connectivity index (χ2n) is 6.06. The van der Waals surface area contributed by atoms with Gasteiger partial charge < -0.3 is 10.6 Å². The Morgan fingerprint density at radius 2 is 1.90 bits per heavy atom. The summed E-state index contributed by atoms with van der Waals surface area (Å²) >= 11 is 13.3. The molecule has 1 heterocycles. The minimum Gasteiger partial charge on any atom is -0.326 e. The molecule has 3 aromatic rings. The van der Waals surface area contributed by atoms with Crippen molar-refractivity contribution in [2.24, 2.45) is 0 Å². The van der Waals surface area contributed by atoms with Crippen LogP contribution in [0.4, 0.5) is 11.4 Å². The fourth-order valence-electron chi connectivity index (χ4n) is 2.57. The van der Waals surface area contributed by atoms with Crippen LogP contribution in [0, 0.1) is 6.92 Å². The molecule has 0 fully saturated rings. The summed E-state index contributed by atoms with van der Waals surface area (Å²) in [5.41, 5.74) is 1.89.